The summed E-state index contributed by atoms with van der Waals surface area (Å²) in [6, 6.07) is 3.26. The minimum absolute atomic E-state index is 0.0309. The molecule has 2 amide bonds. The fourth-order valence-electron chi connectivity index (χ4n) is 6.56. The molecule has 0 bridgehead atoms. The Labute approximate surface area is 243 Å². The van der Waals surface area contributed by atoms with Gasteiger partial charge >= 0.3 is 5.97 Å². The van der Waals surface area contributed by atoms with Crippen LogP contribution >= 0.6 is 0 Å². The van der Waals surface area contributed by atoms with Gasteiger partial charge in [0, 0.05) is 51.1 Å². The molecule has 10 nitrogen and oxygen atoms in total. The molecule has 4 rings (SSSR count). The Morgan fingerprint density at radius 3 is 2.44 bits per heavy atom. The van der Waals surface area contributed by atoms with Crippen molar-refractivity contribution in [3.05, 3.63) is 17.7 Å². The Morgan fingerprint density at radius 2 is 1.85 bits per heavy atom. The zero-order chi connectivity index (χ0) is 29.7. The molecular weight excluding hydrogens is 526 g/mol. The van der Waals surface area contributed by atoms with Crippen LogP contribution in [0, 0.1) is 11.3 Å². The van der Waals surface area contributed by atoms with Gasteiger partial charge in [-0.25, -0.2) is 0 Å². The lowest BCUT2D eigenvalue weighted by Gasteiger charge is -2.31. The quantitative estimate of drug-likeness (QED) is 0.356. The summed E-state index contributed by atoms with van der Waals surface area (Å²) < 4.78 is 16.8. The number of benzene rings is 1. The van der Waals surface area contributed by atoms with Crippen LogP contribution in [-0.2, 0) is 14.4 Å². The molecule has 10 heteroatoms. The fourth-order valence-corrected chi connectivity index (χ4v) is 6.56. The topological polar surface area (TPSA) is 109 Å². The number of carboxylic acids is 1. The number of amides is 2. The van der Waals surface area contributed by atoms with Crippen molar-refractivity contribution in [1.82, 2.24) is 14.7 Å². The Hall–Kier alpha value is -3.01. The molecule has 1 aromatic carbocycles. The summed E-state index contributed by atoms with van der Waals surface area (Å²) in [5.41, 5.74) is 0.685. The molecule has 2 saturated heterocycles. The first-order chi connectivity index (χ1) is 19.6. The highest BCUT2D eigenvalue weighted by atomic mass is 16.7. The maximum absolute atomic E-state index is 13.6. The fraction of sp³-hybridized carbons (Fsp3) is 0.710. The molecule has 0 spiro atoms. The Bertz CT molecular complexity index is 1100. The third kappa shape index (κ3) is 7.08. The normalized spacial score (nSPS) is 23.3. The van der Waals surface area contributed by atoms with E-state index in [0.29, 0.717) is 62.8 Å². The highest BCUT2D eigenvalue weighted by Gasteiger charge is 2.48. The Morgan fingerprint density at radius 1 is 1.15 bits per heavy atom. The van der Waals surface area contributed by atoms with E-state index in [9.17, 15) is 19.5 Å². The predicted molar refractivity (Wildman–Crippen MR) is 154 cm³/mol. The molecule has 3 aliphatic heterocycles. The minimum Gasteiger partial charge on any atom is -0.493 e. The predicted octanol–water partition coefficient (Wildman–Crippen LogP) is 3.97. The molecule has 2 fully saturated rings. The van der Waals surface area contributed by atoms with E-state index in [1.807, 2.05) is 26.8 Å². The number of rotatable bonds is 14. The number of carbonyl (C=O) groups excluding carboxylic acids is 2. The summed E-state index contributed by atoms with van der Waals surface area (Å²) in [4.78, 5) is 45.1. The van der Waals surface area contributed by atoms with Crippen molar-refractivity contribution in [3.8, 4) is 17.2 Å². The van der Waals surface area contributed by atoms with E-state index in [1.165, 1.54) is 0 Å². The molecule has 0 aliphatic carbocycles. The van der Waals surface area contributed by atoms with E-state index in [1.54, 1.807) is 7.11 Å². The molecule has 1 aromatic rings. The lowest BCUT2D eigenvalue weighted by molar-refractivity contribution is -0.144. The van der Waals surface area contributed by atoms with Crippen molar-refractivity contribution in [3.63, 3.8) is 0 Å². The third-order valence-corrected chi connectivity index (χ3v) is 8.69. The molecular formula is C31H47N3O7. The zero-order valence-electron chi connectivity index (χ0n) is 25.3. The second kappa shape index (κ2) is 13.3. The van der Waals surface area contributed by atoms with E-state index in [4.69, 9.17) is 14.2 Å². The van der Waals surface area contributed by atoms with Crippen molar-refractivity contribution in [1.29, 1.82) is 0 Å². The van der Waals surface area contributed by atoms with Crippen molar-refractivity contribution in [2.24, 2.45) is 11.3 Å². The number of carbonyl (C=O) groups is 3. The summed E-state index contributed by atoms with van der Waals surface area (Å²) in [6.07, 6.45) is 4.83. The first-order valence-electron chi connectivity index (χ1n) is 15.1. The number of hydrogen-bond donors (Lipinski definition) is 1. The molecule has 3 atom stereocenters. The van der Waals surface area contributed by atoms with Crippen molar-refractivity contribution in [2.75, 3.05) is 53.2 Å². The number of unbranched alkanes of at least 4 members (excludes halogenated alkanes) is 2. The van der Waals surface area contributed by atoms with Crippen LogP contribution < -0.4 is 14.2 Å². The minimum atomic E-state index is -0.909. The highest BCUT2D eigenvalue weighted by Crippen LogP contribution is 2.47. The second-order valence-corrected chi connectivity index (χ2v) is 12.5. The Balaban J connectivity index is 1.62. The van der Waals surface area contributed by atoms with Gasteiger partial charge in [-0.2, -0.15) is 0 Å². The number of likely N-dealkylation sites (tertiary alicyclic amines) is 2. The average Bonchev–Trinajstić information content (AvgIpc) is 3.61. The van der Waals surface area contributed by atoms with Gasteiger partial charge in [-0.05, 0) is 42.4 Å². The first kappa shape index (κ1) is 30.9. The first-order valence-corrected chi connectivity index (χ1v) is 15.1. The van der Waals surface area contributed by atoms with Gasteiger partial charge in [0.15, 0.2) is 11.5 Å². The van der Waals surface area contributed by atoms with E-state index in [-0.39, 0.29) is 36.5 Å². The highest BCUT2D eigenvalue weighted by molar-refractivity contribution is 5.80. The van der Waals surface area contributed by atoms with Crippen LogP contribution in [0.4, 0.5) is 0 Å². The van der Waals surface area contributed by atoms with E-state index in [2.05, 4.69) is 27.7 Å². The lowest BCUT2D eigenvalue weighted by Crippen LogP contribution is -2.45. The number of nitrogens with zero attached hydrogens (tertiary/aromatic N) is 3. The van der Waals surface area contributed by atoms with Gasteiger partial charge in [0.25, 0.3) is 0 Å². The molecule has 0 unspecified atom stereocenters. The monoisotopic (exact) mass is 573 g/mol. The van der Waals surface area contributed by atoms with Crippen LogP contribution in [0.1, 0.15) is 77.7 Å². The smallest absolute Gasteiger partial charge is 0.308 e. The van der Waals surface area contributed by atoms with Gasteiger partial charge in [0.05, 0.1) is 19.6 Å². The van der Waals surface area contributed by atoms with Gasteiger partial charge in [-0.3, -0.25) is 19.3 Å². The van der Waals surface area contributed by atoms with Gasteiger partial charge in [0.2, 0.25) is 24.4 Å². The number of fused-ring (bicyclic) bond motifs is 1. The van der Waals surface area contributed by atoms with Crippen LogP contribution in [0.5, 0.6) is 17.2 Å². The lowest BCUT2D eigenvalue weighted by atomic mass is 9.84. The van der Waals surface area contributed by atoms with Gasteiger partial charge in [-0.15, -0.1) is 0 Å². The van der Waals surface area contributed by atoms with E-state index < -0.39 is 17.9 Å². The van der Waals surface area contributed by atoms with Crippen molar-refractivity contribution < 1.29 is 33.7 Å². The average molecular weight is 574 g/mol. The number of aliphatic carboxylic acids is 1. The largest absolute Gasteiger partial charge is 0.493 e. The van der Waals surface area contributed by atoms with Crippen LogP contribution in [0.25, 0.3) is 0 Å². The molecule has 3 aliphatic rings. The van der Waals surface area contributed by atoms with Gasteiger partial charge in [0.1, 0.15) is 0 Å². The third-order valence-electron chi connectivity index (χ3n) is 8.69. The van der Waals surface area contributed by atoms with Crippen LogP contribution in [-0.4, -0.2) is 96.8 Å². The SMILES string of the molecule is CCCCN(CCCC)C(=O)CN1C[C@H](c2cc(OC)c3c(c2)OCO3)[C@@H](C(=O)O)[C@@H]1CCN1CC(C)(C)CC1=O. The Kier molecular flexibility index (Phi) is 10.0. The van der Waals surface area contributed by atoms with Crippen molar-refractivity contribution in [2.45, 2.75) is 78.2 Å². The summed E-state index contributed by atoms with van der Waals surface area (Å²) >= 11 is 0. The molecule has 0 saturated carbocycles. The molecule has 41 heavy (non-hydrogen) atoms. The van der Waals surface area contributed by atoms with Crippen LogP contribution in [0.3, 0.4) is 0 Å². The van der Waals surface area contributed by atoms with Gasteiger partial charge < -0.3 is 29.1 Å². The molecule has 228 valence electrons. The molecule has 3 heterocycles. The summed E-state index contributed by atoms with van der Waals surface area (Å²) in [6.45, 7) is 11.6. The van der Waals surface area contributed by atoms with E-state index in [0.717, 1.165) is 31.2 Å². The number of ether oxygens (including phenoxy) is 3. The van der Waals surface area contributed by atoms with Crippen molar-refractivity contribution >= 4 is 17.8 Å². The van der Waals surface area contributed by atoms with Crippen LogP contribution in [0.15, 0.2) is 12.1 Å². The molecule has 0 radical (unpaired) electrons. The summed E-state index contributed by atoms with van der Waals surface area (Å²) in [5.74, 6) is -0.383. The van der Waals surface area contributed by atoms with Gasteiger partial charge in [-0.1, -0.05) is 40.5 Å². The summed E-state index contributed by atoms with van der Waals surface area (Å²) in [5, 5.41) is 10.6. The molecule has 0 aromatic heterocycles. The second-order valence-electron chi connectivity index (χ2n) is 12.5. The maximum atomic E-state index is 13.6. The number of carboxylic acid groups (broad SMARTS) is 1. The maximum Gasteiger partial charge on any atom is 0.308 e. The summed E-state index contributed by atoms with van der Waals surface area (Å²) in [7, 11) is 1.55. The standard InChI is InChI=1S/C31H47N3O7/c1-6-8-11-32(12-9-7-2)27(36)18-34-17-22(21-14-24(39-5)29-25(15-21)40-20-41-29)28(30(37)38)23(34)10-13-33-19-31(3,4)16-26(33)35/h14-15,22-23,28H,6-13,16-20H2,1-5H3,(H,37,38)/t22-,23+,28-/m1/s1. The van der Waals surface area contributed by atoms with Crippen LogP contribution in [0.2, 0.25) is 0 Å². The molecule has 1 N–H and O–H groups in total. The number of methoxy groups -OCH3 is 1. The van der Waals surface area contributed by atoms with E-state index >= 15 is 0 Å². The zero-order valence-corrected chi connectivity index (χ0v) is 25.3. The number of hydrogen-bond acceptors (Lipinski definition) is 7.